The number of ether oxygens (including phenoxy) is 1. The molecule has 0 unspecified atom stereocenters. The topological polar surface area (TPSA) is 125 Å². The Morgan fingerprint density at radius 1 is 1.45 bits per heavy atom. The van der Waals surface area contributed by atoms with Crippen molar-refractivity contribution in [3.63, 3.8) is 0 Å². The van der Waals surface area contributed by atoms with E-state index in [0.29, 0.717) is 0 Å². The summed E-state index contributed by atoms with van der Waals surface area (Å²) in [7, 11) is -3.82. The first-order valence-electron chi connectivity index (χ1n) is 5.65. The Morgan fingerprint density at radius 3 is 2.65 bits per heavy atom. The van der Waals surface area contributed by atoms with Crippen LogP contribution in [0.15, 0.2) is 17.0 Å². The lowest BCUT2D eigenvalue weighted by Gasteiger charge is -2.09. The molecule has 0 heterocycles. The van der Waals surface area contributed by atoms with Crippen LogP contribution < -0.4 is 16.2 Å². The summed E-state index contributed by atoms with van der Waals surface area (Å²) in [5, 5.41) is 0. The van der Waals surface area contributed by atoms with Crippen LogP contribution in [-0.4, -0.2) is 34.1 Å². The quantitative estimate of drug-likeness (QED) is 0.462. The van der Waals surface area contributed by atoms with E-state index in [0.717, 1.165) is 6.07 Å². The third-order valence-corrected chi connectivity index (χ3v) is 3.79. The van der Waals surface area contributed by atoms with E-state index in [-0.39, 0.29) is 35.9 Å². The average Bonchev–Trinajstić information content (AvgIpc) is 2.34. The van der Waals surface area contributed by atoms with E-state index in [1.807, 2.05) is 0 Å². The molecule has 5 N–H and O–H groups in total. The van der Waals surface area contributed by atoms with Gasteiger partial charge in [-0.25, -0.2) is 17.5 Å². The van der Waals surface area contributed by atoms with E-state index < -0.39 is 21.7 Å². The highest BCUT2D eigenvalue weighted by atomic mass is 32.2. The monoisotopic (exact) mass is 305 g/mol. The van der Waals surface area contributed by atoms with Crippen molar-refractivity contribution in [3.05, 3.63) is 23.5 Å². The summed E-state index contributed by atoms with van der Waals surface area (Å²) in [6, 6.07) is 2.22. The molecular weight excluding hydrogens is 289 g/mol. The number of nitrogens with two attached hydrogens (primary N) is 2. The molecule has 0 aliphatic carbocycles. The van der Waals surface area contributed by atoms with Crippen molar-refractivity contribution in [2.45, 2.75) is 11.8 Å². The molecular formula is C11H16FN3O4S. The van der Waals surface area contributed by atoms with Crippen LogP contribution in [0.2, 0.25) is 0 Å². The van der Waals surface area contributed by atoms with Gasteiger partial charge < -0.3 is 16.2 Å². The highest BCUT2D eigenvalue weighted by Gasteiger charge is 2.16. The fourth-order valence-corrected chi connectivity index (χ4v) is 2.55. The third-order valence-electron chi connectivity index (χ3n) is 2.35. The predicted molar refractivity (Wildman–Crippen MR) is 70.8 cm³/mol. The van der Waals surface area contributed by atoms with Gasteiger partial charge in [0.15, 0.2) is 0 Å². The third kappa shape index (κ3) is 4.44. The summed E-state index contributed by atoms with van der Waals surface area (Å²) >= 11 is 0. The van der Waals surface area contributed by atoms with Crippen LogP contribution in [0.5, 0.6) is 0 Å². The van der Waals surface area contributed by atoms with Gasteiger partial charge in [-0.1, -0.05) is 0 Å². The number of halogens is 1. The molecule has 0 aromatic heterocycles. The highest BCUT2D eigenvalue weighted by molar-refractivity contribution is 7.89. The number of aryl methyl sites for hydroxylation is 1. The Kier molecular flexibility index (Phi) is 5.43. The number of benzene rings is 1. The number of anilines is 1. The second kappa shape index (κ2) is 6.64. The number of amides is 1. The first kappa shape index (κ1) is 16.3. The second-order valence-electron chi connectivity index (χ2n) is 4.06. The van der Waals surface area contributed by atoms with Crippen molar-refractivity contribution in [3.8, 4) is 0 Å². The van der Waals surface area contributed by atoms with Crippen molar-refractivity contribution in [1.82, 2.24) is 4.72 Å². The van der Waals surface area contributed by atoms with E-state index in [9.17, 15) is 17.6 Å². The maximum atomic E-state index is 13.3. The fourth-order valence-electron chi connectivity index (χ4n) is 1.42. The van der Waals surface area contributed by atoms with Gasteiger partial charge in [0.2, 0.25) is 15.9 Å². The van der Waals surface area contributed by atoms with Crippen molar-refractivity contribution in [2.24, 2.45) is 5.73 Å². The van der Waals surface area contributed by atoms with Gasteiger partial charge in [0.05, 0.1) is 17.2 Å². The second-order valence-corrected chi connectivity index (χ2v) is 5.83. The van der Waals surface area contributed by atoms with Gasteiger partial charge >= 0.3 is 0 Å². The summed E-state index contributed by atoms with van der Waals surface area (Å²) in [5.74, 6) is -1.29. The molecule has 0 aliphatic heterocycles. The molecule has 0 saturated heterocycles. The molecule has 0 bridgehead atoms. The lowest BCUT2D eigenvalue weighted by Crippen LogP contribution is -2.29. The number of nitrogens with one attached hydrogen (secondary N) is 1. The number of carbonyl (C=O) groups is 1. The van der Waals surface area contributed by atoms with Crippen molar-refractivity contribution in [1.29, 1.82) is 0 Å². The van der Waals surface area contributed by atoms with Crippen LogP contribution >= 0.6 is 0 Å². The van der Waals surface area contributed by atoms with Crippen molar-refractivity contribution >= 4 is 21.6 Å². The van der Waals surface area contributed by atoms with Crippen LogP contribution in [0, 0.1) is 12.7 Å². The minimum absolute atomic E-state index is 0.0160. The maximum absolute atomic E-state index is 13.3. The van der Waals surface area contributed by atoms with Crippen LogP contribution in [0.3, 0.4) is 0 Å². The molecule has 112 valence electrons. The first-order valence-corrected chi connectivity index (χ1v) is 7.13. The summed E-state index contributed by atoms with van der Waals surface area (Å²) in [6.07, 6.45) is 0. The highest BCUT2D eigenvalue weighted by Crippen LogP contribution is 2.20. The average molecular weight is 305 g/mol. The first-order chi connectivity index (χ1) is 9.24. The molecule has 0 fully saturated rings. The molecule has 1 rings (SSSR count). The van der Waals surface area contributed by atoms with Crippen LogP contribution in [-0.2, 0) is 19.6 Å². The fraction of sp³-hybridized carbons (Fsp3) is 0.364. The molecule has 20 heavy (non-hydrogen) atoms. The van der Waals surface area contributed by atoms with Gasteiger partial charge in [-0.15, -0.1) is 0 Å². The van der Waals surface area contributed by atoms with E-state index in [4.69, 9.17) is 16.2 Å². The van der Waals surface area contributed by atoms with Gasteiger partial charge in [0, 0.05) is 6.54 Å². The van der Waals surface area contributed by atoms with Crippen molar-refractivity contribution in [2.75, 3.05) is 25.5 Å². The van der Waals surface area contributed by atoms with Crippen LogP contribution in [0.25, 0.3) is 0 Å². The molecule has 1 aromatic carbocycles. The lowest BCUT2D eigenvalue weighted by molar-refractivity contribution is -0.122. The number of nitrogen functional groups attached to an aromatic ring is 1. The Hall–Kier alpha value is -1.71. The standard InChI is InChI=1S/C11H16FN3O4S/c1-7-4-8(5-9(13)11(7)12)20(17,18)15-2-3-19-6-10(14)16/h4-5,15H,2-3,6,13H2,1H3,(H2,14,16). The van der Waals surface area contributed by atoms with E-state index in [1.54, 1.807) is 0 Å². The molecule has 0 spiro atoms. The van der Waals surface area contributed by atoms with E-state index in [1.165, 1.54) is 13.0 Å². The number of hydrogen-bond acceptors (Lipinski definition) is 5. The Labute approximate surface area is 116 Å². The zero-order chi connectivity index (χ0) is 15.3. The van der Waals surface area contributed by atoms with Crippen molar-refractivity contribution < 1.29 is 22.3 Å². The van der Waals surface area contributed by atoms with Gasteiger partial charge in [-0.3, -0.25) is 4.79 Å². The minimum Gasteiger partial charge on any atom is -0.396 e. The number of primary amides is 1. The minimum atomic E-state index is -3.82. The summed E-state index contributed by atoms with van der Waals surface area (Å²) < 4.78 is 44.2. The van der Waals surface area contributed by atoms with Crippen LogP contribution in [0.1, 0.15) is 5.56 Å². The largest absolute Gasteiger partial charge is 0.396 e. The molecule has 0 radical (unpaired) electrons. The zero-order valence-electron chi connectivity index (χ0n) is 10.8. The Morgan fingerprint density at radius 2 is 2.10 bits per heavy atom. The summed E-state index contributed by atoms with van der Waals surface area (Å²) in [4.78, 5) is 10.3. The van der Waals surface area contributed by atoms with Gasteiger partial charge in [0.25, 0.3) is 0 Å². The number of carbonyl (C=O) groups excluding carboxylic acids is 1. The zero-order valence-corrected chi connectivity index (χ0v) is 11.7. The Bertz CT molecular complexity index is 581. The smallest absolute Gasteiger partial charge is 0.243 e. The molecule has 1 aromatic rings. The lowest BCUT2D eigenvalue weighted by atomic mass is 10.2. The molecule has 0 atom stereocenters. The van der Waals surface area contributed by atoms with Gasteiger partial charge in [-0.05, 0) is 24.6 Å². The molecule has 0 saturated carbocycles. The molecule has 1 amide bonds. The number of rotatable bonds is 7. The van der Waals surface area contributed by atoms with Gasteiger partial charge in [-0.2, -0.15) is 0 Å². The number of sulfonamides is 1. The normalized spacial score (nSPS) is 11.5. The van der Waals surface area contributed by atoms with E-state index >= 15 is 0 Å². The summed E-state index contributed by atoms with van der Waals surface area (Å²) in [6.45, 7) is 1.06. The molecule has 9 heteroatoms. The molecule has 0 aliphatic rings. The molecule has 7 nitrogen and oxygen atoms in total. The van der Waals surface area contributed by atoms with Crippen LogP contribution in [0.4, 0.5) is 10.1 Å². The maximum Gasteiger partial charge on any atom is 0.243 e. The Balaban J connectivity index is 2.67. The van der Waals surface area contributed by atoms with E-state index in [2.05, 4.69) is 4.72 Å². The SMILES string of the molecule is Cc1cc(S(=O)(=O)NCCOCC(N)=O)cc(N)c1F. The number of hydrogen-bond donors (Lipinski definition) is 3. The summed E-state index contributed by atoms with van der Waals surface area (Å²) in [5.41, 5.74) is 10.1. The van der Waals surface area contributed by atoms with Gasteiger partial charge in [0.1, 0.15) is 12.4 Å². The predicted octanol–water partition coefficient (Wildman–Crippen LogP) is -0.503.